The highest BCUT2D eigenvalue weighted by atomic mass is 35.5. The Kier molecular flexibility index (Phi) is 4.75. The van der Waals surface area contributed by atoms with E-state index in [1.54, 1.807) is 25.2 Å². The van der Waals surface area contributed by atoms with E-state index in [1.807, 2.05) is 0 Å². The van der Waals surface area contributed by atoms with Crippen LogP contribution in [0, 0.1) is 0 Å². The lowest BCUT2D eigenvalue weighted by Gasteiger charge is -2.16. The second-order valence-electron chi connectivity index (χ2n) is 4.34. The fraction of sp³-hybridized carbons (Fsp3) is 0.200. The molecule has 2 rings (SSSR count). The van der Waals surface area contributed by atoms with E-state index in [1.165, 1.54) is 18.2 Å². The molecular formula is C15H13ClF3NO. The van der Waals surface area contributed by atoms with Gasteiger partial charge in [0.1, 0.15) is 11.5 Å². The van der Waals surface area contributed by atoms with Crippen molar-refractivity contribution in [2.45, 2.75) is 12.7 Å². The van der Waals surface area contributed by atoms with Crippen LogP contribution in [0.5, 0.6) is 11.5 Å². The average molecular weight is 316 g/mol. The first-order valence-corrected chi connectivity index (χ1v) is 6.57. The number of hydrogen-bond donors (Lipinski definition) is 1. The van der Waals surface area contributed by atoms with Gasteiger partial charge in [0.15, 0.2) is 0 Å². The van der Waals surface area contributed by atoms with E-state index >= 15 is 0 Å². The third-order valence-corrected chi connectivity index (χ3v) is 3.20. The van der Waals surface area contributed by atoms with Crippen LogP contribution in [0.15, 0.2) is 42.5 Å². The lowest BCUT2D eigenvalue weighted by Crippen LogP contribution is -2.09. The standard InChI is InChI=1S/C15H13ClF3NO/c1-20-9-10-12(16)6-4-8-13(10)21-14-7-3-2-5-11(14)15(17,18)19/h2-8,20H,9H2,1H3. The van der Waals surface area contributed by atoms with E-state index < -0.39 is 11.7 Å². The van der Waals surface area contributed by atoms with Gasteiger partial charge in [0.25, 0.3) is 0 Å². The molecule has 0 aliphatic heterocycles. The summed E-state index contributed by atoms with van der Waals surface area (Å²) in [4.78, 5) is 0. The van der Waals surface area contributed by atoms with Crippen molar-refractivity contribution in [3.63, 3.8) is 0 Å². The molecule has 0 unspecified atom stereocenters. The molecule has 21 heavy (non-hydrogen) atoms. The largest absolute Gasteiger partial charge is 0.456 e. The van der Waals surface area contributed by atoms with Gasteiger partial charge in [0, 0.05) is 17.1 Å². The Hall–Kier alpha value is -1.72. The van der Waals surface area contributed by atoms with Gasteiger partial charge in [-0.2, -0.15) is 13.2 Å². The van der Waals surface area contributed by atoms with Gasteiger partial charge in [0.05, 0.1) is 5.56 Å². The van der Waals surface area contributed by atoms with Crippen LogP contribution in [0.2, 0.25) is 5.02 Å². The molecule has 0 aromatic heterocycles. The van der Waals surface area contributed by atoms with Crippen molar-refractivity contribution in [3.8, 4) is 11.5 Å². The Morgan fingerprint density at radius 2 is 1.71 bits per heavy atom. The summed E-state index contributed by atoms with van der Waals surface area (Å²) in [6, 6.07) is 9.97. The summed E-state index contributed by atoms with van der Waals surface area (Å²) in [6.07, 6.45) is -4.47. The summed E-state index contributed by atoms with van der Waals surface area (Å²) in [6.45, 7) is 0.392. The molecule has 2 aromatic rings. The van der Waals surface area contributed by atoms with Crippen molar-refractivity contribution in [2.24, 2.45) is 0 Å². The molecule has 0 radical (unpaired) electrons. The lowest BCUT2D eigenvalue weighted by atomic mass is 10.1. The summed E-state index contributed by atoms with van der Waals surface area (Å²) in [7, 11) is 1.72. The first kappa shape index (κ1) is 15.7. The van der Waals surface area contributed by atoms with Crippen molar-refractivity contribution >= 4 is 11.6 Å². The Balaban J connectivity index is 2.42. The van der Waals surface area contributed by atoms with Gasteiger partial charge in [-0.15, -0.1) is 0 Å². The minimum atomic E-state index is -4.47. The first-order valence-electron chi connectivity index (χ1n) is 6.19. The zero-order valence-corrected chi connectivity index (χ0v) is 11.9. The van der Waals surface area contributed by atoms with Gasteiger partial charge >= 0.3 is 6.18 Å². The molecule has 0 saturated heterocycles. The maximum atomic E-state index is 13.0. The van der Waals surface area contributed by atoms with E-state index in [2.05, 4.69) is 5.32 Å². The SMILES string of the molecule is CNCc1c(Cl)cccc1Oc1ccccc1C(F)(F)F. The fourth-order valence-electron chi connectivity index (χ4n) is 1.89. The molecular weight excluding hydrogens is 303 g/mol. The molecule has 0 saturated carbocycles. The molecule has 2 nitrogen and oxygen atoms in total. The second-order valence-corrected chi connectivity index (χ2v) is 4.75. The van der Waals surface area contributed by atoms with Crippen LogP contribution < -0.4 is 10.1 Å². The molecule has 0 bridgehead atoms. The van der Waals surface area contributed by atoms with Crippen molar-refractivity contribution in [2.75, 3.05) is 7.05 Å². The summed E-state index contributed by atoms with van der Waals surface area (Å²) >= 11 is 6.06. The first-order chi connectivity index (χ1) is 9.93. The highest BCUT2D eigenvalue weighted by Crippen LogP contribution is 2.39. The number of halogens is 4. The average Bonchev–Trinajstić information content (AvgIpc) is 2.42. The van der Waals surface area contributed by atoms with Crippen LogP contribution in [-0.2, 0) is 12.7 Å². The van der Waals surface area contributed by atoms with Crippen molar-refractivity contribution in [1.29, 1.82) is 0 Å². The molecule has 0 aliphatic rings. The van der Waals surface area contributed by atoms with E-state index in [4.69, 9.17) is 16.3 Å². The van der Waals surface area contributed by atoms with Crippen LogP contribution in [0.3, 0.4) is 0 Å². The summed E-state index contributed by atoms with van der Waals surface area (Å²) in [5.41, 5.74) is -0.209. The van der Waals surface area contributed by atoms with E-state index in [-0.39, 0.29) is 5.75 Å². The molecule has 0 atom stereocenters. The Morgan fingerprint density at radius 3 is 2.38 bits per heavy atom. The predicted molar refractivity (Wildman–Crippen MR) is 75.7 cm³/mol. The molecule has 0 spiro atoms. The number of alkyl halides is 3. The molecule has 2 aromatic carbocycles. The molecule has 0 amide bonds. The fourth-order valence-corrected chi connectivity index (χ4v) is 2.12. The van der Waals surface area contributed by atoms with Gasteiger partial charge in [0.2, 0.25) is 0 Å². The zero-order valence-electron chi connectivity index (χ0n) is 11.2. The quantitative estimate of drug-likeness (QED) is 0.869. The van der Waals surface area contributed by atoms with Crippen LogP contribution >= 0.6 is 11.6 Å². The van der Waals surface area contributed by atoms with Crippen molar-refractivity contribution < 1.29 is 17.9 Å². The zero-order chi connectivity index (χ0) is 15.5. The highest BCUT2D eigenvalue weighted by molar-refractivity contribution is 6.31. The number of ether oxygens (including phenoxy) is 1. The van der Waals surface area contributed by atoms with Gasteiger partial charge in [-0.1, -0.05) is 29.8 Å². The van der Waals surface area contributed by atoms with Gasteiger partial charge in [-0.05, 0) is 31.3 Å². The van der Waals surface area contributed by atoms with Crippen molar-refractivity contribution in [1.82, 2.24) is 5.32 Å². The van der Waals surface area contributed by atoms with E-state index in [0.29, 0.717) is 22.9 Å². The topological polar surface area (TPSA) is 21.3 Å². The van der Waals surface area contributed by atoms with Gasteiger partial charge in [-0.3, -0.25) is 0 Å². The molecule has 6 heteroatoms. The molecule has 1 N–H and O–H groups in total. The number of rotatable bonds is 4. The maximum Gasteiger partial charge on any atom is 0.419 e. The molecule has 0 aliphatic carbocycles. The van der Waals surface area contributed by atoms with Crippen LogP contribution in [-0.4, -0.2) is 7.05 Å². The Morgan fingerprint density at radius 1 is 1.05 bits per heavy atom. The minimum absolute atomic E-state index is 0.246. The maximum absolute atomic E-state index is 13.0. The van der Waals surface area contributed by atoms with Crippen LogP contribution in [0.1, 0.15) is 11.1 Å². The second kappa shape index (κ2) is 6.37. The Bertz CT molecular complexity index is 629. The third-order valence-electron chi connectivity index (χ3n) is 2.84. The van der Waals surface area contributed by atoms with E-state index in [9.17, 15) is 13.2 Å². The predicted octanol–water partition coefficient (Wildman–Crippen LogP) is 4.87. The normalized spacial score (nSPS) is 11.5. The minimum Gasteiger partial charge on any atom is -0.456 e. The van der Waals surface area contributed by atoms with Crippen LogP contribution in [0.25, 0.3) is 0 Å². The number of benzene rings is 2. The van der Waals surface area contributed by atoms with Crippen molar-refractivity contribution in [3.05, 3.63) is 58.6 Å². The summed E-state index contributed by atoms with van der Waals surface area (Å²) in [5, 5.41) is 3.35. The number of para-hydroxylation sites is 1. The Labute approximate surface area is 125 Å². The van der Waals surface area contributed by atoms with Gasteiger partial charge < -0.3 is 10.1 Å². The van der Waals surface area contributed by atoms with E-state index in [0.717, 1.165) is 6.07 Å². The molecule has 112 valence electrons. The third kappa shape index (κ3) is 3.68. The van der Waals surface area contributed by atoms with Gasteiger partial charge in [-0.25, -0.2) is 0 Å². The lowest BCUT2D eigenvalue weighted by molar-refractivity contribution is -0.138. The van der Waals surface area contributed by atoms with Crippen LogP contribution in [0.4, 0.5) is 13.2 Å². The summed E-state index contributed by atoms with van der Waals surface area (Å²) in [5.74, 6) is 0.0539. The smallest absolute Gasteiger partial charge is 0.419 e. The number of nitrogens with one attached hydrogen (secondary N) is 1. The monoisotopic (exact) mass is 315 g/mol. The number of hydrogen-bond acceptors (Lipinski definition) is 2. The molecule has 0 heterocycles. The summed E-state index contributed by atoms with van der Waals surface area (Å²) < 4.78 is 44.3. The molecule has 0 fully saturated rings. The highest BCUT2D eigenvalue weighted by Gasteiger charge is 2.34.